The van der Waals surface area contributed by atoms with Gasteiger partial charge in [-0.3, -0.25) is 4.79 Å². The van der Waals surface area contributed by atoms with E-state index in [1.54, 1.807) is 0 Å². The van der Waals surface area contributed by atoms with E-state index in [0.29, 0.717) is 5.06 Å². The van der Waals surface area contributed by atoms with Crippen molar-refractivity contribution in [3.8, 4) is 0 Å². The molecule has 0 atom stereocenters. The second-order valence-electron chi connectivity index (χ2n) is 1.36. The molecule has 0 saturated carbocycles. The molecule has 0 spiro atoms. The molecule has 0 aliphatic heterocycles. The molecule has 0 bridgehead atoms. The van der Waals surface area contributed by atoms with E-state index in [1.807, 2.05) is 5.32 Å². The Morgan fingerprint density at radius 3 is 2.64 bits per heavy atom. The lowest BCUT2D eigenvalue weighted by molar-refractivity contribution is -0.172. The van der Waals surface area contributed by atoms with Crippen molar-refractivity contribution >= 4 is 12.5 Å². The summed E-state index contributed by atoms with van der Waals surface area (Å²) in [4.78, 5) is 24.2. The van der Waals surface area contributed by atoms with E-state index in [-0.39, 0.29) is 6.47 Å². The third-order valence-electron chi connectivity index (χ3n) is 0.756. The van der Waals surface area contributed by atoms with Crippen LogP contribution in [0.15, 0.2) is 0 Å². The molecule has 64 valence electrons. The Morgan fingerprint density at radius 1 is 1.64 bits per heavy atom. The molecule has 3 N–H and O–H groups in total. The molecule has 0 aromatic carbocycles. The van der Waals surface area contributed by atoms with Crippen molar-refractivity contribution in [3.63, 3.8) is 0 Å². The molecule has 7 nitrogen and oxygen atoms in total. The number of carbonyl (C=O) groups excluding carboxylic acids is 2. The first kappa shape index (κ1) is 9.66. The van der Waals surface area contributed by atoms with Crippen LogP contribution >= 0.6 is 0 Å². The third-order valence-corrected chi connectivity index (χ3v) is 0.756. The summed E-state index contributed by atoms with van der Waals surface area (Å²) in [5, 5.41) is 18.7. The van der Waals surface area contributed by atoms with Crippen LogP contribution in [0.2, 0.25) is 0 Å². The SMILES string of the molecule is O=CON(CO)C(=O)NCO. The van der Waals surface area contributed by atoms with Gasteiger partial charge in [-0.25, -0.2) is 4.79 Å². The minimum absolute atomic E-state index is 0.0207. The van der Waals surface area contributed by atoms with Gasteiger partial charge in [0.1, 0.15) is 6.73 Å². The Balaban J connectivity index is 3.80. The van der Waals surface area contributed by atoms with Crippen molar-refractivity contribution in [2.24, 2.45) is 0 Å². The zero-order valence-electron chi connectivity index (χ0n) is 5.56. The molecule has 0 fully saturated rings. The Labute approximate surface area is 62.1 Å². The Hall–Kier alpha value is -1.34. The fourth-order valence-corrected chi connectivity index (χ4v) is 0.353. The molecule has 2 amide bonds. The van der Waals surface area contributed by atoms with Crippen molar-refractivity contribution < 1.29 is 24.6 Å². The molecule has 0 unspecified atom stereocenters. The molecule has 0 aromatic heterocycles. The molecular formula is C4H8N2O5. The summed E-state index contributed by atoms with van der Waals surface area (Å²) >= 11 is 0. The van der Waals surface area contributed by atoms with Crippen LogP contribution in [0.4, 0.5) is 4.79 Å². The van der Waals surface area contributed by atoms with Crippen molar-refractivity contribution in [2.45, 2.75) is 0 Å². The van der Waals surface area contributed by atoms with E-state index in [9.17, 15) is 9.59 Å². The topological polar surface area (TPSA) is 99.1 Å². The normalized spacial score (nSPS) is 8.55. The maximum atomic E-state index is 10.6. The van der Waals surface area contributed by atoms with Gasteiger partial charge >= 0.3 is 12.5 Å². The molecular weight excluding hydrogens is 156 g/mol. The largest absolute Gasteiger partial charge is 0.376 e. The highest BCUT2D eigenvalue weighted by atomic mass is 16.7. The summed E-state index contributed by atoms with van der Waals surface area (Å²) in [7, 11) is 0. The lowest BCUT2D eigenvalue weighted by atomic mass is 10.9. The number of aliphatic hydroxyl groups excluding tert-OH is 2. The Kier molecular flexibility index (Phi) is 4.78. The van der Waals surface area contributed by atoms with Crippen molar-refractivity contribution in [1.29, 1.82) is 0 Å². The van der Waals surface area contributed by atoms with Gasteiger partial charge in [-0.2, -0.15) is 0 Å². The minimum Gasteiger partial charge on any atom is -0.376 e. The average molecular weight is 164 g/mol. The van der Waals surface area contributed by atoms with Crippen molar-refractivity contribution in [2.75, 3.05) is 13.5 Å². The second-order valence-corrected chi connectivity index (χ2v) is 1.36. The van der Waals surface area contributed by atoms with E-state index in [1.165, 1.54) is 0 Å². The number of hydroxylamine groups is 2. The van der Waals surface area contributed by atoms with Crippen molar-refractivity contribution in [1.82, 2.24) is 10.4 Å². The molecule has 0 saturated heterocycles. The van der Waals surface area contributed by atoms with Gasteiger partial charge in [0.25, 0.3) is 0 Å². The smallest absolute Gasteiger partial charge is 0.354 e. The van der Waals surface area contributed by atoms with Crippen LogP contribution in [0.5, 0.6) is 0 Å². The monoisotopic (exact) mass is 164 g/mol. The lowest BCUT2D eigenvalue weighted by Gasteiger charge is -2.14. The second kappa shape index (κ2) is 5.45. The summed E-state index contributed by atoms with van der Waals surface area (Å²) in [6.45, 7) is -1.39. The van der Waals surface area contributed by atoms with E-state index in [0.717, 1.165) is 0 Å². The number of hydrogen-bond donors (Lipinski definition) is 3. The number of amides is 2. The summed E-state index contributed by atoms with van der Waals surface area (Å²) in [5.74, 6) is 0. The number of rotatable bonds is 4. The van der Waals surface area contributed by atoms with Gasteiger partial charge in [-0.15, -0.1) is 5.06 Å². The van der Waals surface area contributed by atoms with Crippen LogP contribution < -0.4 is 5.32 Å². The zero-order chi connectivity index (χ0) is 8.69. The number of hydrogen-bond acceptors (Lipinski definition) is 5. The van der Waals surface area contributed by atoms with Crippen LogP contribution in [0.25, 0.3) is 0 Å². The summed E-state index contributed by atoms with van der Waals surface area (Å²) in [6, 6.07) is -0.901. The molecule has 0 aliphatic carbocycles. The standard InChI is InChI=1S/C4H8N2O5/c7-1-5-4(10)6(2-8)11-3-9/h3,7-8H,1-2H2,(H,5,10). The fourth-order valence-electron chi connectivity index (χ4n) is 0.353. The van der Waals surface area contributed by atoms with Gasteiger partial charge in [0.05, 0.1) is 0 Å². The summed E-state index contributed by atoms with van der Waals surface area (Å²) in [5.41, 5.74) is 0. The van der Waals surface area contributed by atoms with Gasteiger partial charge in [0.2, 0.25) is 0 Å². The van der Waals surface area contributed by atoms with E-state index >= 15 is 0 Å². The zero-order valence-corrected chi connectivity index (χ0v) is 5.56. The predicted molar refractivity (Wildman–Crippen MR) is 31.7 cm³/mol. The van der Waals surface area contributed by atoms with Gasteiger partial charge in [-0.05, 0) is 0 Å². The fraction of sp³-hybridized carbons (Fsp3) is 0.500. The number of carbonyl (C=O) groups is 2. The first-order chi connectivity index (χ1) is 5.26. The van der Waals surface area contributed by atoms with Gasteiger partial charge in [-0.1, -0.05) is 0 Å². The molecule has 0 radical (unpaired) electrons. The van der Waals surface area contributed by atoms with Gasteiger partial charge in [0, 0.05) is 0 Å². The maximum absolute atomic E-state index is 10.6. The predicted octanol–water partition coefficient (Wildman–Crippen LogP) is -2.01. The van der Waals surface area contributed by atoms with Gasteiger partial charge < -0.3 is 20.4 Å². The number of nitrogens with one attached hydrogen (secondary N) is 1. The highest BCUT2D eigenvalue weighted by molar-refractivity contribution is 5.73. The van der Waals surface area contributed by atoms with Crippen LogP contribution in [0, 0.1) is 0 Å². The first-order valence-electron chi connectivity index (χ1n) is 2.63. The van der Waals surface area contributed by atoms with Gasteiger partial charge in [0.15, 0.2) is 6.73 Å². The van der Waals surface area contributed by atoms with Crippen LogP contribution in [-0.2, 0) is 9.63 Å². The van der Waals surface area contributed by atoms with Crippen LogP contribution in [0.1, 0.15) is 0 Å². The molecule has 11 heavy (non-hydrogen) atoms. The van der Waals surface area contributed by atoms with Crippen LogP contribution in [-0.4, -0.2) is 41.2 Å². The molecule has 0 aliphatic rings. The quantitative estimate of drug-likeness (QED) is 0.253. The molecule has 0 heterocycles. The third kappa shape index (κ3) is 3.38. The van der Waals surface area contributed by atoms with Crippen LogP contribution in [0.3, 0.4) is 0 Å². The molecule has 0 rings (SSSR count). The highest BCUT2D eigenvalue weighted by Crippen LogP contribution is 1.85. The average Bonchev–Trinajstić information content (AvgIpc) is 2.00. The Bertz CT molecular complexity index is 138. The van der Waals surface area contributed by atoms with Crippen molar-refractivity contribution in [3.05, 3.63) is 0 Å². The summed E-state index contributed by atoms with van der Waals surface area (Å²) in [6.07, 6.45) is 0. The minimum atomic E-state index is -0.901. The van der Waals surface area contributed by atoms with E-state index < -0.39 is 19.5 Å². The number of urea groups is 1. The lowest BCUT2D eigenvalue weighted by Crippen LogP contribution is -2.40. The highest BCUT2D eigenvalue weighted by Gasteiger charge is 2.11. The van der Waals surface area contributed by atoms with E-state index in [2.05, 4.69) is 4.84 Å². The molecule has 0 aromatic rings. The number of nitrogens with zero attached hydrogens (tertiary/aromatic N) is 1. The summed E-state index contributed by atoms with van der Waals surface area (Å²) < 4.78 is 0. The Morgan fingerprint density at radius 2 is 2.27 bits per heavy atom. The molecule has 7 heteroatoms. The maximum Gasteiger partial charge on any atom is 0.354 e. The van der Waals surface area contributed by atoms with E-state index in [4.69, 9.17) is 10.2 Å². The first-order valence-corrected chi connectivity index (χ1v) is 2.63. The number of aliphatic hydroxyl groups is 2.